The minimum absolute atomic E-state index is 0.0320. The molecule has 4 heterocycles. The minimum Gasteiger partial charge on any atom is -0.481 e. The lowest BCUT2D eigenvalue weighted by Crippen LogP contribution is -2.42. The average molecular weight is 843 g/mol. The third kappa shape index (κ3) is 16.0. The number of aromatic nitrogens is 16. The zero-order chi connectivity index (χ0) is 43.9. The molecule has 0 radical (unpaired) electrons. The highest BCUT2D eigenvalue weighted by molar-refractivity contribution is 5.76. The first-order chi connectivity index (χ1) is 28.8. The number of carboxylic acid groups (broad SMARTS) is 4. The van der Waals surface area contributed by atoms with Gasteiger partial charge in [0.05, 0.1) is 43.2 Å². The maximum Gasteiger partial charge on any atom is 0.315 e. The zero-order valence-electron chi connectivity index (χ0n) is 31.2. The van der Waals surface area contributed by atoms with Gasteiger partial charge in [0.25, 0.3) is 0 Å². The number of hydrogen-bond acceptors (Lipinski definition) is 19. The van der Waals surface area contributed by atoms with Gasteiger partial charge in [-0.15, -0.1) is 30.6 Å². The maximum absolute atomic E-state index is 12.8. The van der Waals surface area contributed by atoms with Crippen LogP contribution >= 0.6 is 0 Å². The fourth-order valence-electron chi connectivity index (χ4n) is 5.03. The van der Waals surface area contributed by atoms with Gasteiger partial charge >= 0.3 is 35.9 Å². The summed E-state index contributed by atoms with van der Waals surface area (Å²) in [7, 11) is 0. The van der Waals surface area contributed by atoms with Gasteiger partial charge < -0.3 is 46.5 Å². The van der Waals surface area contributed by atoms with Crippen molar-refractivity contribution in [3.8, 4) is 6.07 Å². The zero-order valence-corrected chi connectivity index (χ0v) is 31.2. The summed E-state index contributed by atoms with van der Waals surface area (Å²) < 4.78 is 2.60. The molecule has 0 aromatic carbocycles. The Kier molecular flexibility index (Phi) is 18.7. The Bertz CT molecular complexity index is 1930. The first-order valence-corrected chi connectivity index (χ1v) is 17.5. The third-order valence-electron chi connectivity index (χ3n) is 7.76. The molecule has 0 aliphatic rings. The Morgan fingerprint density at radius 3 is 1.37 bits per heavy atom. The van der Waals surface area contributed by atoms with Gasteiger partial charge in [-0.1, -0.05) is 10.4 Å². The van der Waals surface area contributed by atoms with E-state index in [2.05, 4.69) is 98.4 Å². The van der Waals surface area contributed by atoms with Crippen molar-refractivity contribution in [1.82, 2.24) is 103 Å². The van der Waals surface area contributed by atoms with E-state index < -0.39 is 60.1 Å². The number of nitriles is 1. The SMILES string of the molecule is O=C(O)CC[C@H](NC(=O)N[C@@H](CCC(=O)O)c1nn[nH]n1)c1nn[nH]n1.[C-]#[N+]CCn1nnnc1[C@H](CCC(=O)O)NC(=O)N[C@@H](CCC(=O)O)c1nnnn1CCC#N. The molecule has 0 fully saturated rings. The lowest BCUT2D eigenvalue weighted by Gasteiger charge is -2.21. The quantitative estimate of drug-likeness (QED) is 0.0335. The van der Waals surface area contributed by atoms with Crippen molar-refractivity contribution < 1.29 is 49.2 Å². The van der Waals surface area contributed by atoms with E-state index in [4.69, 9.17) is 32.3 Å². The Hall–Kier alpha value is -8.32. The maximum atomic E-state index is 12.8. The van der Waals surface area contributed by atoms with Crippen LogP contribution in [0.4, 0.5) is 9.59 Å². The summed E-state index contributed by atoms with van der Waals surface area (Å²) in [5.74, 6) is -3.73. The number of rotatable bonds is 24. The molecule has 0 aliphatic carbocycles. The van der Waals surface area contributed by atoms with Gasteiger partial charge in [0, 0.05) is 25.7 Å². The molecule has 0 saturated carbocycles. The molecule has 4 atom stereocenters. The lowest BCUT2D eigenvalue weighted by atomic mass is 10.1. The number of carboxylic acids is 4. The fourth-order valence-corrected chi connectivity index (χ4v) is 5.03. The van der Waals surface area contributed by atoms with Gasteiger partial charge in [0.1, 0.15) is 6.54 Å². The number of aliphatic carboxylic acids is 4. The number of urea groups is 2. The predicted octanol–water partition coefficient (Wildman–Crippen LogP) is -2.17. The third-order valence-corrected chi connectivity index (χ3v) is 7.76. The Balaban J connectivity index is 0.000000332. The normalized spacial score (nSPS) is 12.5. The van der Waals surface area contributed by atoms with E-state index in [-0.39, 0.29) is 101 Å². The smallest absolute Gasteiger partial charge is 0.315 e. The van der Waals surface area contributed by atoms with Gasteiger partial charge in [0.15, 0.2) is 23.3 Å². The average Bonchev–Trinajstić information content (AvgIpc) is 4.05. The number of nitrogens with zero attached hydrogens (tertiary/aromatic N) is 16. The van der Waals surface area contributed by atoms with Crippen molar-refractivity contribution in [3.05, 3.63) is 34.7 Å². The number of nitrogens with one attached hydrogen (secondary N) is 6. The summed E-state index contributed by atoms with van der Waals surface area (Å²) in [6, 6.07) is -2.96. The second kappa shape index (κ2) is 24.3. The van der Waals surface area contributed by atoms with Crippen LogP contribution < -0.4 is 21.3 Å². The van der Waals surface area contributed by atoms with E-state index in [9.17, 15) is 28.8 Å². The molecule has 4 amide bonds. The number of hydrogen-bond donors (Lipinski definition) is 10. The molecule has 32 nitrogen and oxygen atoms in total. The fraction of sp³-hybridized carbons (Fsp3) is 0.571. The van der Waals surface area contributed by atoms with Crippen molar-refractivity contribution in [2.45, 2.75) is 95.0 Å². The van der Waals surface area contributed by atoms with Gasteiger partial charge in [-0.2, -0.15) is 15.7 Å². The van der Waals surface area contributed by atoms with Gasteiger partial charge in [-0.25, -0.2) is 25.5 Å². The van der Waals surface area contributed by atoms with Crippen molar-refractivity contribution in [3.63, 3.8) is 0 Å². The number of carbonyl (C=O) groups excluding carboxylic acids is 2. The topological polar surface area (TPSA) is 456 Å². The first-order valence-electron chi connectivity index (χ1n) is 17.5. The van der Waals surface area contributed by atoms with Crippen LogP contribution in [0.2, 0.25) is 0 Å². The number of tetrazole rings is 4. The van der Waals surface area contributed by atoms with Crippen LogP contribution in [0.15, 0.2) is 0 Å². The largest absolute Gasteiger partial charge is 0.481 e. The summed E-state index contributed by atoms with van der Waals surface area (Å²) >= 11 is 0. The van der Waals surface area contributed by atoms with Crippen LogP contribution in [0.1, 0.15) is 105 Å². The van der Waals surface area contributed by atoms with E-state index in [1.54, 1.807) is 0 Å². The van der Waals surface area contributed by atoms with Crippen LogP contribution in [0.5, 0.6) is 0 Å². The molecular weight excluding hydrogens is 804 g/mol. The molecule has 10 N–H and O–H groups in total. The van der Waals surface area contributed by atoms with E-state index in [0.717, 1.165) is 0 Å². The second-order valence-electron chi connectivity index (χ2n) is 12.0. The highest BCUT2D eigenvalue weighted by Gasteiger charge is 2.27. The number of carbonyl (C=O) groups is 6. The lowest BCUT2D eigenvalue weighted by molar-refractivity contribution is -0.138. The van der Waals surface area contributed by atoms with Crippen molar-refractivity contribution in [1.29, 1.82) is 5.26 Å². The van der Waals surface area contributed by atoms with Crippen molar-refractivity contribution in [2.75, 3.05) is 6.54 Å². The van der Waals surface area contributed by atoms with Crippen LogP contribution in [0, 0.1) is 17.9 Å². The molecule has 4 rings (SSSR count). The molecule has 4 aromatic heterocycles. The van der Waals surface area contributed by atoms with E-state index in [1.807, 2.05) is 6.07 Å². The Labute approximate surface area is 335 Å². The molecule has 0 aliphatic heterocycles. The van der Waals surface area contributed by atoms with Crippen LogP contribution in [0.25, 0.3) is 4.85 Å². The van der Waals surface area contributed by atoms with Crippen molar-refractivity contribution in [2.24, 2.45) is 0 Å². The standard InChI is InChI=1S/C17H22N12O5.C11H16N10O5/c1-19-8-10-29-16(23-25-27-29)12(4-6-14(32)33)21-17(34)20-11(3-5-13(30)31)15-22-24-26-28(15)9-2-7-18;22-7(23)3-1-5(9-14-18-19-15-9)12-11(26)13-6(2-4-8(24)25)10-16-20-21-17-10/h11-12H,2-6,8-10H2,(H,30,31)(H,32,33)(H2,20,21,34);5-6H,1-4H2,(H,22,23)(H,24,25)(H2,12,13,26)(H,14,15,18,19)(H,16,17,20,21)/t11-,12-;5-,6-/m00/s1. The molecule has 0 saturated heterocycles. The molecule has 320 valence electrons. The highest BCUT2D eigenvalue weighted by Crippen LogP contribution is 2.20. The van der Waals surface area contributed by atoms with E-state index in [0.29, 0.717) is 0 Å². The summed E-state index contributed by atoms with van der Waals surface area (Å²) in [6.07, 6.45) is -0.976. The van der Waals surface area contributed by atoms with Crippen LogP contribution in [-0.4, -0.2) is 145 Å². The first kappa shape index (κ1) is 46.1. The van der Waals surface area contributed by atoms with Crippen LogP contribution in [-0.2, 0) is 32.3 Å². The molecular formula is C28H38N22O10. The van der Waals surface area contributed by atoms with E-state index >= 15 is 0 Å². The van der Waals surface area contributed by atoms with Gasteiger partial charge in [0.2, 0.25) is 6.54 Å². The predicted molar refractivity (Wildman–Crippen MR) is 187 cm³/mol. The summed E-state index contributed by atoms with van der Waals surface area (Å²) in [5.41, 5.74) is 0. The Morgan fingerprint density at radius 2 is 1.02 bits per heavy atom. The minimum atomic E-state index is -1.10. The monoisotopic (exact) mass is 842 g/mol. The number of H-pyrrole nitrogens is 2. The Morgan fingerprint density at radius 1 is 0.633 bits per heavy atom. The van der Waals surface area contributed by atoms with Gasteiger partial charge in [-0.05, 0) is 46.5 Å². The molecule has 0 spiro atoms. The number of aryl methyl sites for hydroxylation is 1. The molecule has 0 unspecified atom stereocenters. The second-order valence-corrected chi connectivity index (χ2v) is 12.0. The summed E-state index contributed by atoms with van der Waals surface area (Å²) in [5, 5.41) is 103. The van der Waals surface area contributed by atoms with Crippen molar-refractivity contribution >= 4 is 35.9 Å². The number of amides is 4. The van der Waals surface area contributed by atoms with Gasteiger partial charge in [-0.3, -0.25) is 19.2 Å². The molecule has 4 aromatic rings. The molecule has 0 bridgehead atoms. The number of aromatic amines is 2. The van der Waals surface area contributed by atoms with Crippen LogP contribution in [0.3, 0.4) is 0 Å². The highest BCUT2D eigenvalue weighted by atomic mass is 16.4. The van der Waals surface area contributed by atoms with E-state index in [1.165, 1.54) is 9.36 Å². The molecule has 60 heavy (non-hydrogen) atoms. The summed E-state index contributed by atoms with van der Waals surface area (Å²) in [4.78, 5) is 72.0. The summed E-state index contributed by atoms with van der Waals surface area (Å²) in [6.45, 7) is 7.29. The molecule has 32 heteroatoms.